The van der Waals surface area contributed by atoms with Crippen LogP contribution in [0.5, 0.6) is 5.75 Å². The van der Waals surface area contributed by atoms with Crippen molar-refractivity contribution in [2.24, 2.45) is 0 Å². The summed E-state index contributed by atoms with van der Waals surface area (Å²) >= 11 is 0. The Kier molecular flexibility index (Phi) is 5.63. The molecule has 2 amide bonds. The van der Waals surface area contributed by atoms with Crippen LogP contribution in [0.25, 0.3) is 0 Å². The molecule has 1 unspecified atom stereocenters. The lowest BCUT2D eigenvalue weighted by Gasteiger charge is -2.33. The molecule has 1 aliphatic rings. The zero-order chi connectivity index (χ0) is 22.1. The highest BCUT2D eigenvalue weighted by atomic mass is 19.4. The number of nitrogens with zero attached hydrogens (tertiary/aromatic N) is 2. The van der Waals surface area contributed by atoms with Crippen molar-refractivity contribution >= 4 is 28.9 Å². The van der Waals surface area contributed by atoms with Crippen LogP contribution in [0, 0.1) is 10.1 Å². The molecular weight excluding hydrogens is 407 g/mol. The van der Waals surface area contributed by atoms with Gasteiger partial charge in [-0.2, -0.15) is 13.2 Å². The summed E-state index contributed by atoms with van der Waals surface area (Å²) in [5.74, 6) is -1.35. The van der Waals surface area contributed by atoms with Crippen LogP contribution in [0.3, 0.4) is 0 Å². The number of amides is 2. The van der Waals surface area contributed by atoms with Gasteiger partial charge in [0, 0.05) is 12.1 Å². The van der Waals surface area contributed by atoms with Gasteiger partial charge in [0.05, 0.1) is 21.9 Å². The average molecular weight is 423 g/mol. The van der Waals surface area contributed by atoms with Gasteiger partial charge in [-0.15, -0.1) is 0 Å². The summed E-state index contributed by atoms with van der Waals surface area (Å²) in [6, 6.07) is 8.01. The largest absolute Gasteiger partial charge is 0.478 e. The Morgan fingerprint density at radius 3 is 2.60 bits per heavy atom. The molecule has 0 saturated carbocycles. The highest BCUT2D eigenvalue weighted by Crippen LogP contribution is 2.38. The van der Waals surface area contributed by atoms with Crippen LogP contribution in [-0.2, 0) is 15.8 Å². The molecule has 2 aromatic carbocycles. The van der Waals surface area contributed by atoms with Crippen LogP contribution in [0.15, 0.2) is 42.5 Å². The minimum Gasteiger partial charge on any atom is -0.478 e. The number of alkyl halides is 3. The van der Waals surface area contributed by atoms with Crippen molar-refractivity contribution in [3.8, 4) is 5.75 Å². The third-order valence-corrected chi connectivity index (χ3v) is 4.43. The predicted octanol–water partition coefficient (Wildman–Crippen LogP) is 3.76. The fourth-order valence-corrected chi connectivity index (χ4v) is 3.02. The molecule has 158 valence electrons. The second-order valence-electron chi connectivity index (χ2n) is 6.44. The van der Waals surface area contributed by atoms with E-state index in [0.29, 0.717) is 0 Å². The first-order chi connectivity index (χ1) is 14.1. The first-order valence-corrected chi connectivity index (χ1v) is 8.84. The number of nitrogens with one attached hydrogen (secondary N) is 1. The van der Waals surface area contributed by atoms with Gasteiger partial charge in [-0.1, -0.05) is 19.1 Å². The van der Waals surface area contributed by atoms with Gasteiger partial charge in [0.15, 0.2) is 6.10 Å². The molecule has 0 saturated heterocycles. The maximum Gasteiger partial charge on any atom is 0.418 e. The van der Waals surface area contributed by atoms with Gasteiger partial charge < -0.3 is 10.1 Å². The summed E-state index contributed by atoms with van der Waals surface area (Å²) in [5.41, 5.74) is -1.82. The van der Waals surface area contributed by atoms with Gasteiger partial charge in [0.2, 0.25) is 5.91 Å². The summed E-state index contributed by atoms with van der Waals surface area (Å²) < 4.78 is 44.9. The molecule has 2 aromatic rings. The monoisotopic (exact) mass is 423 g/mol. The molecule has 1 heterocycles. The van der Waals surface area contributed by atoms with Crippen molar-refractivity contribution in [3.63, 3.8) is 0 Å². The number of halogens is 3. The Morgan fingerprint density at radius 2 is 1.97 bits per heavy atom. The number of carbonyl (C=O) groups is 2. The number of hydrogen-bond donors (Lipinski definition) is 1. The SMILES string of the molecule is CCC1Oc2ccc([N+](=O)[O-])cc2N(CC(=O)Nc2ccccc2C(F)(F)F)C1=O. The smallest absolute Gasteiger partial charge is 0.418 e. The number of non-ortho nitro benzene ring substituents is 1. The minimum absolute atomic E-state index is 0.00171. The second kappa shape index (κ2) is 8.01. The maximum atomic E-state index is 13.1. The molecule has 1 aliphatic heterocycles. The topological polar surface area (TPSA) is 102 Å². The van der Waals surface area contributed by atoms with Crippen LogP contribution in [0.1, 0.15) is 18.9 Å². The Hall–Kier alpha value is -3.63. The van der Waals surface area contributed by atoms with E-state index in [-0.39, 0.29) is 23.5 Å². The van der Waals surface area contributed by atoms with Crippen molar-refractivity contribution in [2.45, 2.75) is 25.6 Å². The first-order valence-electron chi connectivity index (χ1n) is 8.84. The highest BCUT2D eigenvalue weighted by molar-refractivity contribution is 6.06. The van der Waals surface area contributed by atoms with Crippen molar-refractivity contribution in [1.29, 1.82) is 0 Å². The lowest BCUT2D eigenvalue weighted by molar-refractivity contribution is -0.384. The average Bonchev–Trinajstić information content (AvgIpc) is 2.69. The Balaban J connectivity index is 1.90. The molecule has 8 nitrogen and oxygen atoms in total. The number of fused-ring (bicyclic) bond motifs is 1. The van der Waals surface area contributed by atoms with Gasteiger partial charge in [0.25, 0.3) is 11.6 Å². The lowest BCUT2D eigenvalue weighted by atomic mass is 10.1. The first kappa shape index (κ1) is 21.1. The van der Waals surface area contributed by atoms with Gasteiger partial charge >= 0.3 is 6.18 Å². The van der Waals surface area contributed by atoms with E-state index in [2.05, 4.69) is 5.32 Å². The molecule has 0 spiro atoms. The summed E-state index contributed by atoms with van der Waals surface area (Å²) in [5, 5.41) is 13.2. The molecular formula is C19H16F3N3O5. The van der Waals surface area contributed by atoms with E-state index in [1.54, 1.807) is 6.92 Å². The van der Waals surface area contributed by atoms with Crippen molar-refractivity contribution in [1.82, 2.24) is 0 Å². The Labute approximate surface area is 168 Å². The van der Waals surface area contributed by atoms with Gasteiger partial charge in [-0.05, 0) is 24.6 Å². The standard InChI is InChI=1S/C19H16F3N3O5/c1-2-15-18(27)24(14-9-11(25(28)29)7-8-16(14)30-15)10-17(26)23-13-6-4-3-5-12(13)19(20,21)22/h3-9,15H,2,10H2,1H3,(H,23,26). The summed E-state index contributed by atoms with van der Waals surface area (Å²) in [6.45, 7) is 1.04. The van der Waals surface area contributed by atoms with Gasteiger partial charge in [-0.3, -0.25) is 24.6 Å². The number of ether oxygens (including phenoxy) is 1. The Morgan fingerprint density at radius 1 is 1.27 bits per heavy atom. The number of nitro benzene ring substituents is 1. The van der Waals surface area contributed by atoms with E-state index in [1.165, 1.54) is 24.3 Å². The molecule has 11 heteroatoms. The molecule has 0 bridgehead atoms. The Bertz CT molecular complexity index is 1010. The number of hydrogen-bond acceptors (Lipinski definition) is 5. The summed E-state index contributed by atoms with van der Waals surface area (Å²) in [7, 11) is 0. The van der Waals surface area contributed by atoms with E-state index in [9.17, 15) is 32.9 Å². The second-order valence-corrected chi connectivity index (χ2v) is 6.44. The molecule has 3 rings (SSSR count). The van der Waals surface area contributed by atoms with E-state index in [1.807, 2.05) is 0 Å². The van der Waals surface area contributed by atoms with Crippen LogP contribution < -0.4 is 15.0 Å². The van der Waals surface area contributed by atoms with Crippen LogP contribution in [0.4, 0.5) is 30.2 Å². The van der Waals surface area contributed by atoms with E-state index in [4.69, 9.17) is 4.74 Å². The van der Waals surface area contributed by atoms with Crippen molar-refractivity contribution in [3.05, 3.63) is 58.1 Å². The number of nitro groups is 1. The molecule has 1 N–H and O–H groups in total. The normalized spacial score (nSPS) is 15.9. The number of anilines is 2. The minimum atomic E-state index is -4.68. The van der Waals surface area contributed by atoms with Gasteiger partial charge in [-0.25, -0.2) is 0 Å². The van der Waals surface area contributed by atoms with E-state index >= 15 is 0 Å². The lowest BCUT2D eigenvalue weighted by Crippen LogP contribution is -2.48. The zero-order valence-corrected chi connectivity index (χ0v) is 15.6. The molecule has 30 heavy (non-hydrogen) atoms. The van der Waals surface area contributed by atoms with Crippen LogP contribution in [0.2, 0.25) is 0 Å². The highest BCUT2D eigenvalue weighted by Gasteiger charge is 2.37. The third kappa shape index (κ3) is 4.19. The third-order valence-electron chi connectivity index (χ3n) is 4.43. The fourth-order valence-electron chi connectivity index (χ4n) is 3.02. The van der Waals surface area contributed by atoms with Crippen molar-refractivity contribution < 1.29 is 32.4 Å². The number of carbonyl (C=O) groups excluding carboxylic acids is 2. The molecule has 0 aliphatic carbocycles. The van der Waals surface area contributed by atoms with Crippen LogP contribution in [-0.4, -0.2) is 29.4 Å². The maximum absolute atomic E-state index is 13.1. The fraction of sp³-hybridized carbons (Fsp3) is 0.263. The van der Waals surface area contributed by atoms with Crippen LogP contribution >= 0.6 is 0 Å². The summed E-state index contributed by atoms with van der Waals surface area (Å²) in [4.78, 5) is 36.5. The quantitative estimate of drug-likeness (QED) is 0.583. The number of rotatable bonds is 5. The predicted molar refractivity (Wildman–Crippen MR) is 100 cm³/mol. The number of para-hydroxylation sites is 1. The van der Waals surface area contributed by atoms with Crippen molar-refractivity contribution in [2.75, 3.05) is 16.8 Å². The summed E-state index contributed by atoms with van der Waals surface area (Å²) in [6.07, 6.45) is -5.34. The molecule has 1 atom stereocenters. The number of benzene rings is 2. The molecule has 0 fully saturated rings. The van der Waals surface area contributed by atoms with E-state index < -0.39 is 46.8 Å². The molecule has 0 radical (unpaired) electrons. The zero-order valence-electron chi connectivity index (χ0n) is 15.6. The van der Waals surface area contributed by atoms with E-state index in [0.717, 1.165) is 23.1 Å². The molecule has 0 aromatic heterocycles. The van der Waals surface area contributed by atoms with Gasteiger partial charge in [0.1, 0.15) is 12.3 Å².